The molecule has 0 saturated heterocycles. The zero-order valence-corrected chi connectivity index (χ0v) is 19.5. The molecule has 0 saturated carbocycles. The molecular weight excluding hydrogens is 436 g/mol. The molecule has 0 aromatic heterocycles. The van der Waals surface area contributed by atoms with Gasteiger partial charge in [-0.15, -0.1) is 0 Å². The summed E-state index contributed by atoms with van der Waals surface area (Å²) in [6.07, 6.45) is -1.84. The fraction of sp³-hybridized carbons (Fsp3) is 0.385. The van der Waals surface area contributed by atoms with Gasteiger partial charge in [-0.2, -0.15) is 0 Å². The molecular formula is C26H32N2O6. The first kappa shape index (κ1) is 25.6. The number of rotatable bonds is 10. The minimum Gasteiger partial charge on any atom is -0.394 e. The summed E-state index contributed by atoms with van der Waals surface area (Å²) in [5.41, 5.74) is 1.17. The first-order chi connectivity index (χ1) is 16.4. The van der Waals surface area contributed by atoms with Gasteiger partial charge >= 0.3 is 0 Å². The number of nitrogens with zero attached hydrogens (tertiary/aromatic N) is 2. The molecule has 2 amide bonds. The molecule has 3 aromatic carbocycles. The number of aliphatic hydroxyl groups is 4. The van der Waals surface area contributed by atoms with Crippen molar-refractivity contribution < 1.29 is 30.0 Å². The van der Waals surface area contributed by atoms with Gasteiger partial charge in [0.1, 0.15) is 0 Å². The van der Waals surface area contributed by atoms with Crippen molar-refractivity contribution in [2.24, 2.45) is 0 Å². The molecule has 34 heavy (non-hydrogen) atoms. The highest BCUT2D eigenvalue weighted by Gasteiger charge is 2.28. The predicted molar refractivity (Wildman–Crippen MR) is 133 cm³/mol. The largest absolute Gasteiger partial charge is 0.394 e. The van der Waals surface area contributed by atoms with Crippen LogP contribution in [0.4, 0.5) is 11.4 Å². The van der Waals surface area contributed by atoms with Crippen molar-refractivity contribution in [2.45, 2.75) is 38.9 Å². The maximum absolute atomic E-state index is 13.0. The summed E-state index contributed by atoms with van der Waals surface area (Å²) in [5, 5.41) is 42.1. The number of amides is 2. The zero-order chi connectivity index (χ0) is 24.8. The SMILES string of the molecule is CCC(=O)N(CC(O)CO)c1c2ccccc2c(N(CC(O)CO)C(=O)CC)c2ccccc12. The Morgan fingerprint density at radius 1 is 0.676 bits per heavy atom. The van der Waals surface area contributed by atoms with Gasteiger partial charge in [-0.3, -0.25) is 9.59 Å². The van der Waals surface area contributed by atoms with Gasteiger partial charge in [-0.25, -0.2) is 0 Å². The third-order valence-corrected chi connectivity index (χ3v) is 5.83. The van der Waals surface area contributed by atoms with Crippen molar-refractivity contribution in [3.63, 3.8) is 0 Å². The van der Waals surface area contributed by atoms with Gasteiger partial charge in [0, 0.05) is 34.4 Å². The van der Waals surface area contributed by atoms with E-state index in [0.29, 0.717) is 32.9 Å². The van der Waals surface area contributed by atoms with Crippen LogP contribution >= 0.6 is 0 Å². The van der Waals surface area contributed by atoms with Gasteiger partial charge in [0.2, 0.25) is 11.8 Å². The summed E-state index contributed by atoms with van der Waals surface area (Å²) < 4.78 is 0. The Labute approximate surface area is 198 Å². The maximum Gasteiger partial charge on any atom is 0.226 e. The van der Waals surface area contributed by atoms with Crippen LogP contribution in [0.2, 0.25) is 0 Å². The van der Waals surface area contributed by atoms with Crippen LogP contribution in [-0.2, 0) is 9.59 Å². The second-order valence-corrected chi connectivity index (χ2v) is 8.18. The first-order valence-electron chi connectivity index (χ1n) is 11.5. The van der Waals surface area contributed by atoms with Gasteiger partial charge in [0.05, 0.1) is 49.9 Å². The van der Waals surface area contributed by atoms with Crippen molar-refractivity contribution in [3.8, 4) is 0 Å². The van der Waals surface area contributed by atoms with Crippen LogP contribution in [0.25, 0.3) is 21.5 Å². The number of benzene rings is 3. The van der Waals surface area contributed by atoms with E-state index in [1.54, 1.807) is 13.8 Å². The molecule has 0 fully saturated rings. The molecule has 4 N–H and O–H groups in total. The van der Waals surface area contributed by atoms with E-state index in [1.807, 2.05) is 48.5 Å². The van der Waals surface area contributed by atoms with Gasteiger partial charge in [-0.1, -0.05) is 62.4 Å². The van der Waals surface area contributed by atoms with Crippen molar-refractivity contribution >= 4 is 44.7 Å². The Bertz CT molecular complexity index is 1020. The summed E-state index contributed by atoms with van der Waals surface area (Å²) in [4.78, 5) is 29.0. The summed E-state index contributed by atoms with van der Waals surface area (Å²) in [6, 6.07) is 14.7. The van der Waals surface area contributed by atoms with Crippen molar-refractivity contribution in [2.75, 3.05) is 36.1 Å². The molecule has 3 rings (SSSR count). The fourth-order valence-electron chi connectivity index (χ4n) is 4.22. The van der Waals surface area contributed by atoms with E-state index in [4.69, 9.17) is 0 Å². The number of aliphatic hydroxyl groups excluding tert-OH is 4. The topological polar surface area (TPSA) is 122 Å². The predicted octanol–water partition coefficient (Wildman–Crippen LogP) is 2.19. The minimum atomic E-state index is -1.12. The average molecular weight is 469 g/mol. The smallest absolute Gasteiger partial charge is 0.226 e. The minimum absolute atomic E-state index is 0.0860. The lowest BCUT2D eigenvalue weighted by molar-refractivity contribution is -0.119. The monoisotopic (exact) mass is 468 g/mol. The van der Waals surface area contributed by atoms with Crippen LogP contribution < -0.4 is 9.80 Å². The van der Waals surface area contributed by atoms with Crippen molar-refractivity contribution in [1.29, 1.82) is 0 Å². The third-order valence-electron chi connectivity index (χ3n) is 5.83. The molecule has 8 heteroatoms. The average Bonchev–Trinajstić information content (AvgIpc) is 2.88. The summed E-state index contributed by atoms with van der Waals surface area (Å²) in [6.45, 7) is 2.32. The highest BCUT2D eigenvalue weighted by atomic mass is 16.3. The van der Waals surface area contributed by atoms with Gasteiger partial charge in [-0.05, 0) is 0 Å². The molecule has 0 aliphatic rings. The molecule has 8 nitrogen and oxygen atoms in total. The molecule has 0 radical (unpaired) electrons. The number of fused-ring (bicyclic) bond motifs is 2. The lowest BCUT2D eigenvalue weighted by Crippen LogP contribution is -2.40. The number of hydrogen-bond acceptors (Lipinski definition) is 6. The molecule has 0 spiro atoms. The number of anilines is 2. The van der Waals surface area contributed by atoms with Crippen molar-refractivity contribution in [1.82, 2.24) is 0 Å². The molecule has 2 unspecified atom stereocenters. The Kier molecular flexibility index (Phi) is 8.57. The summed E-state index contributed by atoms with van der Waals surface area (Å²) in [5.74, 6) is -0.430. The Morgan fingerprint density at radius 2 is 0.971 bits per heavy atom. The van der Waals surface area contributed by atoms with E-state index in [0.717, 1.165) is 0 Å². The van der Waals surface area contributed by atoms with Crippen LogP contribution in [0.3, 0.4) is 0 Å². The normalized spacial score (nSPS) is 13.1. The second kappa shape index (κ2) is 11.4. The van der Waals surface area contributed by atoms with Crippen LogP contribution in [0.15, 0.2) is 48.5 Å². The van der Waals surface area contributed by atoms with Crippen LogP contribution in [-0.4, -0.2) is 70.8 Å². The highest BCUT2D eigenvalue weighted by molar-refractivity contribution is 6.24. The molecule has 2 atom stereocenters. The van der Waals surface area contributed by atoms with Gasteiger partial charge in [0.15, 0.2) is 0 Å². The zero-order valence-electron chi connectivity index (χ0n) is 19.5. The molecule has 0 aliphatic heterocycles. The van der Waals surface area contributed by atoms with Crippen LogP contribution in [0, 0.1) is 0 Å². The van der Waals surface area contributed by atoms with Crippen LogP contribution in [0.5, 0.6) is 0 Å². The van der Waals surface area contributed by atoms with E-state index in [-0.39, 0.29) is 37.7 Å². The van der Waals surface area contributed by atoms with E-state index in [9.17, 15) is 30.0 Å². The number of carbonyl (C=O) groups excluding carboxylic acids is 2. The third kappa shape index (κ3) is 5.05. The molecule has 0 aliphatic carbocycles. The molecule has 0 heterocycles. The lowest BCUT2D eigenvalue weighted by atomic mass is 9.96. The maximum atomic E-state index is 13.0. The van der Waals surface area contributed by atoms with Crippen LogP contribution in [0.1, 0.15) is 26.7 Å². The Morgan fingerprint density at radius 3 is 1.21 bits per heavy atom. The standard InChI is InChI=1S/C26H32N2O6/c1-3-23(33)27(13-17(31)15-29)25-19-9-5-7-11-21(19)26(22-12-8-6-10-20(22)25)28(24(34)4-2)14-18(32)16-30/h5-12,17-18,29-32H,3-4,13-16H2,1-2H3. The first-order valence-corrected chi connectivity index (χ1v) is 11.5. The molecule has 182 valence electrons. The number of carbonyl (C=O) groups is 2. The van der Waals surface area contributed by atoms with E-state index in [2.05, 4.69) is 0 Å². The quantitative estimate of drug-likeness (QED) is 0.267. The van der Waals surface area contributed by atoms with Gasteiger partial charge < -0.3 is 30.2 Å². The lowest BCUT2D eigenvalue weighted by Gasteiger charge is -2.31. The van der Waals surface area contributed by atoms with E-state index >= 15 is 0 Å². The van der Waals surface area contributed by atoms with Crippen molar-refractivity contribution in [3.05, 3.63) is 48.5 Å². The van der Waals surface area contributed by atoms with Gasteiger partial charge in [0.25, 0.3) is 0 Å². The Hall–Kier alpha value is -3.04. The molecule has 3 aromatic rings. The number of hydrogen-bond donors (Lipinski definition) is 4. The molecule has 0 bridgehead atoms. The van der Waals surface area contributed by atoms with E-state index < -0.39 is 25.4 Å². The Balaban J connectivity index is 2.42. The summed E-state index contributed by atoms with van der Waals surface area (Å²) >= 11 is 0. The summed E-state index contributed by atoms with van der Waals surface area (Å²) in [7, 11) is 0. The van der Waals surface area contributed by atoms with E-state index in [1.165, 1.54) is 9.80 Å². The fourth-order valence-corrected chi connectivity index (χ4v) is 4.22. The second-order valence-electron chi connectivity index (χ2n) is 8.18. The highest BCUT2D eigenvalue weighted by Crippen LogP contribution is 2.43.